The second-order valence-electron chi connectivity index (χ2n) is 7.92. The molecule has 2 aliphatic rings. The number of benzene rings is 1. The maximum absolute atomic E-state index is 13.1. The predicted octanol–water partition coefficient (Wildman–Crippen LogP) is 3.20. The summed E-state index contributed by atoms with van der Waals surface area (Å²) < 4.78 is 1.03. The molecule has 1 aliphatic heterocycles. The van der Waals surface area contributed by atoms with Crippen molar-refractivity contribution in [3.63, 3.8) is 0 Å². The van der Waals surface area contributed by atoms with E-state index in [0.29, 0.717) is 26.2 Å². The van der Waals surface area contributed by atoms with Gasteiger partial charge in [0.2, 0.25) is 11.8 Å². The zero-order chi connectivity index (χ0) is 17.5. The van der Waals surface area contributed by atoms with Gasteiger partial charge in [-0.05, 0) is 30.5 Å². The highest BCUT2D eigenvalue weighted by Crippen LogP contribution is 2.49. The van der Waals surface area contributed by atoms with Gasteiger partial charge in [-0.1, -0.05) is 48.8 Å². The van der Waals surface area contributed by atoms with Crippen LogP contribution in [0.5, 0.6) is 0 Å². The molecule has 1 aromatic carbocycles. The average molecular weight is 393 g/mol. The second-order valence-corrected chi connectivity index (χ2v) is 8.84. The lowest BCUT2D eigenvalue weighted by atomic mass is 9.93. The van der Waals surface area contributed by atoms with Gasteiger partial charge in [-0.15, -0.1) is 0 Å². The first kappa shape index (κ1) is 17.5. The van der Waals surface area contributed by atoms with Crippen molar-refractivity contribution in [3.05, 3.63) is 34.3 Å². The van der Waals surface area contributed by atoms with Crippen LogP contribution in [0.4, 0.5) is 0 Å². The zero-order valence-corrected chi connectivity index (χ0v) is 16.2. The fourth-order valence-corrected chi connectivity index (χ4v) is 3.67. The number of carbonyl (C=O) groups excluding carboxylic acids is 2. The predicted molar refractivity (Wildman–Crippen MR) is 97.7 cm³/mol. The fraction of sp³-hybridized carbons (Fsp3) is 0.579. The number of amides is 2. The normalized spacial score (nSPS) is 20.0. The molecule has 5 heteroatoms. The highest BCUT2D eigenvalue weighted by atomic mass is 79.9. The highest BCUT2D eigenvalue weighted by molar-refractivity contribution is 9.10. The standard InChI is InChI=1S/C19H25BrN2O2/c1-18(2,3)16(23)21-10-12-22(13-11-21)17(24)19(8-9-19)14-4-6-15(20)7-5-14/h4-7H,8-13H2,1-3H3. The Kier molecular flexibility index (Phi) is 4.49. The van der Waals surface area contributed by atoms with E-state index in [4.69, 9.17) is 0 Å². The van der Waals surface area contributed by atoms with Gasteiger partial charge in [-0.2, -0.15) is 0 Å². The maximum atomic E-state index is 13.1. The van der Waals surface area contributed by atoms with Gasteiger partial charge >= 0.3 is 0 Å². The summed E-state index contributed by atoms with van der Waals surface area (Å²) >= 11 is 3.45. The number of rotatable bonds is 2. The first-order chi connectivity index (χ1) is 11.2. The van der Waals surface area contributed by atoms with E-state index in [2.05, 4.69) is 15.9 Å². The number of hydrogen-bond acceptors (Lipinski definition) is 2. The smallest absolute Gasteiger partial charge is 0.233 e. The number of nitrogens with zero attached hydrogens (tertiary/aromatic N) is 2. The quantitative estimate of drug-likeness (QED) is 0.775. The van der Waals surface area contributed by atoms with Crippen LogP contribution in [-0.2, 0) is 15.0 Å². The van der Waals surface area contributed by atoms with Crippen molar-refractivity contribution in [2.24, 2.45) is 5.41 Å². The Morgan fingerprint density at radius 1 is 0.958 bits per heavy atom. The Morgan fingerprint density at radius 3 is 1.92 bits per heavy atom. The highest BCUT2D eigenvalue weighted by Gasteiger charge is 2.53. The molecule has 2 amide bonds. The van der Waals surface area contributed by atoms with Crippen molar-refractivity contribution in [2.45, 2.75) is 39.0 Å². The van der Waals surface area contributed by atoms with Crippen LogP contribution in [0.15, 0.2) is 28.7 Å². The Bertz CT molecular complexity index is 636. The van der Waals surface area contributed by atoms with Crippen molar-refractivity contribution >= 4 is 27.7 Å². The lowest BCUT2D eigenvalue weighted by molar-refractivity contribution is -0.145. The van der Waals surface area contributed by atoms with E-state index >= 15 is 0 Å². The molecule has 1 saturated heterocycles. The van der Waals surface area contributed by atoms with E-state index in [1.807, 2.05) is 54.8 Å². The van der Waals surface area contributed by atoms with E-state index in [1.165, 1.54) is 0 Å². The van der Waals surface area contributed by atoms with Crippen LogP contribution in [0.3, 0.4) is 0 Å². The Balaban J connectivity index is 1.65. The Hall–Kier alpha value is -1.36. The number of hydrogen-bond donors (Lipinski definition) is 0. The van der Waals surface area contributed by atoms with Gasteiger partial charge in [-0.25, -0.2) is 0 Å². The summed E-state index contributed by atoms with van der Waals surface area (Å²) in [6, 6.07) is 8.11. The molecule has 4 nitrogen and oxygen atoms in total. The van der Waals surface area contributed by atoms with E-state index in [0.717, 1.165) is 22.9 Å². The van der Waals surface area contributed by atoms with Gasteiger partial charge in [0.05, 0.1) is 5.41 Å². The first-order valence-corrected chi connectivity index (χ1v) is 9.38. The molecule has 0 unspecified atom stereocenters. The van der Waals surface area contributed by atoms with E-state index in [1.54, 1.807) is 0 Å². The van der Waals surface area contributed by atoms with Gasteiger partial charge in [0.25, 0.3) is 0 Å². The molecule has 2 fully saturated rings. The van der Waals surface area contributed by atoms with Crippen LogP contribution >= 0.6 is 15.9 Å². The summed E-state index contributed by atoms with van der Waals surface area (Å²) in [6.45, 7) is 8.38. The lowest BCUT2D eigenvalue weighted by Gasteiger charge is -2.39. The number of piperazine rings is 1. The summed E-state index contributed by atoms with van der Waals surface area (Å²) in [7, 11) is 0. The van der Waals surface area contributed by atoms with Gasteiger partial charge in [0.1, 0.15) is 0 Å². The monoisotopic (exact) mass is 392 g/mol. The molecule has 0 bridgehead atoms. The summed E-state index contributed by atoms with van der Waals surface area (Å²) in [4.78, 5) is 29.3. The molecule has 130 valence electrons. The summed E-state index contributed by atoms with van der Waals surface area (Å²) in [6.07, 6.45) is 1.85. The van der Waals surface area contributed by atoms with Crippen molar-refractivity contribution in [3.8, 4) is 0 Å². The van der Waals surface area contributed by atoms with Gasteiger partial charge < -0.3 is 9.80 Å². The van der Waals surface area contributed by atoms with Gasteiger partial charge in [0.15, 0.2) is 0 Å². The SMILES string of the molecule is CC(C)(C)C(=O)N1CCN(C(=O)C2(c3ccc(Br)cc3)CC2)CC1. The molecule has 0 aromatic heterocycles. The lowest BCUT2D eigenvalue weighted by Crippen LogP contribution is -2.54. The van der Waals surface area contributed by atoms with Crippen LogP contribution in [0.1, 0.15) is 39.2 Å². The molecule has 24 heavy (non-hydrogen) atoms. The van der Waals surface area contributed by atoms with Gasteiger partial charge in [-0.3, -0.25) is 9.59 Å². The van der Waals surface area contributed by atoms with Gasteiger partial charge in [0, 0.05) is 36.1 Å². The minimum absolute atomic E-state index is 0.170. The van der Waals surface area contributed by atoms with Crippen molar-refractivity contribution in [1.82, 2.24) is 9.80 Å². The third-order valence-corrected chi connectivity index (χ3v) is 5.58. The zero-order valence-electron chi connectivity index (χ0n) is 14.6. The number of carbonyl (C=O) groups is 2. The molecule has 1 aliphatic carbocycles. The molecule has 1 saturated carbocycles. The van der Waals surface area contributed by atoms with Crippen LogP contribution in [0.2, 0.25) is 0 Å². The molecule has 1 aromatic rings. The fourth-order valence-electron chi connectivity index (χ4n) is 3.41. The van der Waals surface area contributed by atoms with Crippen molar-refractivity contribution in [2.75, 3.05) is 26.2 Å². The molecule has 0 spiro atoms. The Morgan fingerprint density at radius 2 is 1.46 bits per heavy atom. The molecular weight excluding hydrogens is 368 g/mol. The minimum atomic E-state index is -0.360. The third-order valence-electron chi connectivity index (χ3n) is 5.05. The third kappa shape index (κ3) is 3.23. The van der Waals surface area contributed by atoms with E-state index < -0.39 is 0 Å². The van der Waals surface area contributed by atoms with Crippen molar-refractivity contribution < 1.29 is 9.59 Å². The minimum Gasteiger partial charge on any atom is -0.339 e. The second kappa shape index (κ2) is 6.17. The van der Waals surface area contributed by atoms with Crippen LogP contribution in [0, 0.1) is 5.41 Å². The molecule has 1 heterocycles. The first-order valence-electron chi connectivity index (χ1n) is 8.59. The average Bonchev–Trinajstić information content (AvgIpc) is 3.35. The molecule has 0 radical (unpaired) electrons. The topological polar surface area (TPSA) is 40.6 Å². The molecule has 0 N–H and O–H groups in total. The summed E-state index contributed by atoms with van der Waals surface area (Å²) in [5.41, 5.74) is 0.432. The summed E-state index contributed by atoms with van der Waals surface area (Å²) in [5.74, 6) is 0.399. The largest absolute Gasteiger partial charge is 0.339 e. The van der Waals surface area contributed by atoms with E-state index in [9.17, 15) is 9.59 Å². The Labute approximate surface area is 152 Å². The van der Waals surface area contributed by atoms with Crippen LogP contribution in [-0.4, -0.2) is 47.8 Å². The maximum Gasteiger partial charge on any atom is 0.233 e. The van der Waals surface area contributed by atoms with Crippen molar-refractivity contribution in [1.29, 1.82) is 0 Å². The molecular formula is C19H25BrN2O2. The molecule has 0 atom stereocenters. The summed E-state index contributed by atoms with van der Waals surface area (Å²) in [5, 5.41) is 0. The van der Waals surface area contributed by atoms with Crippen LogP contribution < -0.4 is 0 Å². The number of halogens is 1. The molecule has 3 rings (SSSR count). The van der Waals surface area contributed by atoms with Crippen LogP contribution in [0.25, 0.3) is 0 Å². The van der Waals surface area contributed by atoms with E-state index in [-0.39, 0.29) is 22.6 Å².